The van der Waals surface area contributed by atoms with E-state index in [0.717, 1.165) is 6.54 Å². The average molecular weight is 170 g/mol. The molecule has 0 amide bonds. The molecule has 3 N–H and O–H groups in total. The van der Waals surface area contributed by atoms with Crippen LogP contribution >= 0.6 is 0 Å². The molecule has 0 atom stereocenters. The highest BCUT2D eigenvalue weighted by atomic mass is 16.9. The zero-order valence-corrected chi connectivity index (χ0v) is 6.47. The first kappa shape index (κ1) is 10.4. The Morgan fingerprint density at radius 1 is 1.25 bits per heavy atom. The second kappa shape index (κ2) is 6.11. The average Bonchev–Trinajstić information content (AvgIpc) is 2.05. The highest BCUT2D eigenvalue weighted by molar-refractivity contribution is 5.12. The molecule has 1 aromatic carbocycles. The molecule has 5 heteroatoms. The summed E-state index contributed by atoms with van der Waals surface area (Å²) in [6.07, 6.45) is 0. The lowest BCUT2D eigenvalue weighted by atomic mass is 10.2. The van der Waals surface area contributed by atoms with Crippen LogP contribution in [0, 0.1) is 15.3 Å². The van der Waals surface area contributed by atoms with Gasteiger partial charge in [0.05, 0.1) is 11.6 Å². The first-order chi connectivity index (χ1) is 5.66. The van der Waals surface area contributed by atoms with Crippen molar-refractivity contribution in [1.82, 2.24) is 0 Å². The zero-order valence-electron chi connectivity index (χ0n) is 6.47. The minimum Gasteiger partial charge on any atom is -0.356 e. The summed E-state index contributed by atoms with van der Waals surface area (Å²) >= 11 is 0. The molecular weight excluding hydrogens is 160 g/mol. The summed E-state index contributed by atoms with van der Waals surface area (Å²) in [6.45, 7) is 0.890. The molecule has 0 saturated carbocycles. The standard InChI is InChI=1S/C7H9N.NO3/c8-6-7-4-2-1-3-5-7;2-1(3)4/h1-5H,6,8H2;/q;-1/p+1. The molecule has 1 rings (SSSR count). The SMILES string of the molecule is O=[N+]([O-])[O-].[NH3+]Cc1ccccc1. The van der Waals surface area contributed by atoms with Gasteiger partial charge in [0.1, 0.15) is 0 Å². The molecule has 0 spiro atoms. The molecule has 0 unspecified atom stereocenters. The van der Waals surface area contributed by atoms with Crippen LogP contribution in [0.2, 0.25) is 0 Å². The van der Waals surface area contributed by atoms with Gasteiger partial charge in [-0.3, -0.25) is 0 Å². The third-order valence-corrected chi connectivity index (χ3v) is 1.13. The van der Waals surface area contributed by atoms with Crippen molar-refractivity contribution >= 4 is 0 Å². The molecule has 0 aromatic heterocycles. The molecule has 0 bridgehead atoms. The van der Waals surface area contributed by atoms with Gasteiger partial charge in [0.25, 0.3) is 0 Å². The van der Waals surface area contributed by atoms with Crippen LogP contribution in [0.5, 0.6) is 0 Å². The monoisotopic (exact) mass is 170 g/mol. The Bertz CT molecular complexity index is 221. The van der Waals surface area contributed by atoms with Crippen LogP contribution in [0.15, 0.2) is 30.3 Å². The first-order valence-corrected chi connectivity index (χ1v) is 3.31. The third kappa shape index (κ3) is 6.50. The Hall–Kier alpha value is -1.62. The zero-order chi connectivity index (χ0) is 9.40. The van der Waals surface area contributed by atoms with Crippen LogP contribution in [0.3, 0.4) is 0 Å². The maximum atomic E-state index is 8.25. The smallest absolute Gasteiger partial charge is 0.0997 e. The van der Waals surface area contributed by atoms with E-state index in [9.17, 15) is 0 Å². The van der Waals surface area contributed by atoms with E-state index in [0.29, 0.717) is 0 Å². The molecule has 0 aliphatic carbocycles. The van der Waals surface area contributed by atoms with Gasteiger partial charge in [-0.05, 0) is 0 Å². The summed E-state index contributed by atoms with van der Waals surface area (Å²) in [5.74, 6) is 0. The van der Waals surface area contributed by atoms with Gasteiger partial charge in [-0.2, -0.15) is 0 Å². The van der Waals surface area contributed by atoms with Crippen molar-refractivity contribution in [2.45, 2.75) is 6.54 Å². The fourth-order valence-corrected chi connectivity index (χ4v) is 0.645. The Morgan fingerprint density at radius 3 is 1.92 bits per heavy atom. The minimum absolute atomic E-state index is 0.890. The summed E-state index contributed by atoms with van der Waals surface area (Å²) in [5.41, 5.74) is 5.05. The van der Waals surface area contributed by atoms with Gasteiger partial charge in [0.2, 0.25) is 0 Å². The highest BCUT2D eigenvalue weighted by Gasteiger charge is 1.82. The highest BCUT2D eigenvalue weighted by Crippen LogP contribution is 1.93. The fraction of sp³-hybridized carbons (Fsp3) is 0.143. The van der Waals surface area contributed by atoms with Crippen molar-refractivity contribution in [2.24, 2.45) is 0 Å². The lowest BCUT2D eigenvalue weighted by molar-refractivity contribution is -0.402. The lowest BCUT2D eigenvalue weighted by Crippen LogP contribution is -2.47. The van der Waals surface area contributed by atoms with Gasteiger partial charge >= 0.3 is 0 Å². The molecule has 1 aromatic rings. The van der Waals surface area contributed by atoms with E-state index >= 15 is 0 Å². The first-order valence-electron chi connectivity index (χ1n) is 3.31. The summed E-state index contributed by atoms with van der Waals surface area (Å²) in [7, 11) is 0. The van der Waals surface area contributed by atoms with E-state index < -0.39 is 5.09 Å². The molecule has 5 nitrogen and oxygen atoms in total. The molecule has 0 aliphatic rings. The number of hydrogen-bond donors (Lipinski definition) is 1. The molecule has 0 fully saturated rings. The molecule has 66 valence electrons. The van der Waals surface area contributed by atoms with Crippen LogP contribution in [0.4, 0.5) is 0 Å². The molecule has 0 radical (unpaired) electrons. The van der Waals surface area contributed by atoms with Crippen LogP contribution in [0.25, 0.3) is 0 Å². The Morgan fingerprint density at radius 2 is 1.67 bits per heavy atom. The van der Waals surface area contributed by atoms with Crippen LogP contribution in [0.1, 0.15) is 5.56 Å². The number of nitrogens with zero attached hydrogens (tertiary/aromatic N) is 1. The van der Waals surface area contributed by atoms with Crippen molar-refractivity contribution in [2.75, 3.05) is 0 Å². The predicted octanol–water partition coefficient (Wildman–Crippen LogP) is 0.189. The van der Waals surface area contributed by atoms with E-state index in [-0.39, 0.29) is 0 Å². The Balaban J connectivity index is 0.000000261. The molecular formula is C7H10N2O3. The van der Waals surface area contributed by atoms with Gasteiger partial charge in [-0.25, -0.2) is 0 Å². The Labute approximate surface area is 69.5 Å². The van der Waals surface area contributed by atoms with E-state index in [1.165, 1.54) is 5.56 Å². The van der Waals surface area contributed by atoms with Crippen molar-refractivity contribution in [3.63, 3.8) is 0 Å². The molecule has 0 aliphatic heterocycles. The van der Waals surface area contributed by atoms with Crippen LogP contribution in [-0.2, 0) is 6.54 Å². The van der Waals surface area contributed by atoms with Gasteiger partial charge in [-0.15, -0.1) is 0 Å². The van der Waals surface area contributed by atoms with Crippen molar-refractivity contribution in [3.05, 3.63) is 51.2 Å². The molecule has 0 saturated heterocycles. The van der Waals surface area contributed by atoms with Crippen LogP contribution in [-0.4, -0.2) is 5.09 Å². The second-order valence-corrected chi connectivity index (χ2v) is 1.96. The molecule has 12 heavy (non-hydrogen) atoms. The normalized spacial score (nSPS) is 8.08. The summed E-state index contributed by atoms with van der Waals surface area (Å²) < 4.78 is 0. The largest absolute Gasteiger partial charge is 0.356 e. The summed E-state index contributed by atoms with van der Waals surface area (Å²) in [6, 6.07) is 10.2. The van der Waals surface area contributed by atoms with Crippen molar-refractivity contribution in [3.8, 4) is 0 Å². The van der Waals surface area contributed by atoms with Crippen molar-refractivity contribution in [1.29, 1.82) is 0 Å². The topological polar surface area (TPSA) is 93.8 Å². The lowest BCUT2D eigenvalue weighted by Gasteiger charge is -1.87. The van der Waals surface area contributed by atoms with Crippen LogP contribution < -0.4 is 5.73 Å². The fourth-order valence-electron chi connectivity index (χ4n) is 0.645. The van der Waals surface area contributed by atoms with Crippen molar-refractivity contribution < 1.29 is 10.8 Å². The number of quaternary nitrogens is 1. The maximum Gasteiger partial charge on any atom is 0.0997 e. The minimum atomic E-state index is -1.75. The summed E-state index contributed by atoms with van der Waals surface area (Å²) in [4.78, 5) is 8.25. The number of hydrogen-bond acceptors (Lipinski definition) is 3. The van der Waals surface area contributed by atoms with E-state index in [1.807, 2.05) is 18.2 Å². The summed E-state index contributed by atoms with van der Waals surface area (Å²) in [5, 5.41) is 14.8. The maximum absolute atomic E-state index is 8.25. The van der Waals surface area contributed by atoms with E-state index in [4.69, 9.17) is 15.3 Å². The van der Waals surface area contributed by atoms with Gasteiger partial charge in [-0.1, -0.05) is 30.3 Å². The van der Waals surface area contributed by atoms with E-state index in [1.54, 1.807) is 0 Å². The van der Waals surface area contributed by atoms with Gasteiger partial charge in [0.15, 0.2) is 0 Å². The van der Waals surface area contributed by atoms with Gasteiger partial charge < -0.3 is 21.1 Å². The number of benzene rings is 1. The third-order valence-electron chi connectivity index (χ3n) is 1.13. The van der Waals surface area contributed by atoms with E-state index in [2.05, 4.69) is 17.9 Å². The van der Waals surface area contributed by atoms with Gasteiger partial charge in [0, 0.05) is 5.56 Å². The predicted molar refractivity (Wildman–Crippen MR) is 43.4 cm³/mol. The molecule has 0 heterocycles. The Kier molecular flexibility index (Phi) is 5.29. The quantitative estimate of drug-likeness (QED) is 0.481. The second-order valence-electron chi connectivity index (χ2n) is 1.96. The number of rotatable bonds is 1.